The average molecular weight is 400 g/mol. The maximum Gasteiger partial charge on any atom is 0.408 e. The van der Waals surface area contributed by atoms with Crippen LogP contribution in [0.1, 0.15) is 31.1 Å². The van der Waals surface area contributed by atoms with Crippen LogP contribution >= 0.6 is 15.9 Å². The quantitative estimate of drug-likeness (QED) is 0.635. The second kappa shape index (κ2) is 9.27. The summed E-state index contributed by atoms with van der Waals surface area (Å²) in [6, 6.07) is 7.00. The van der Waals surface area contributed by atoms with E-state index in [-0.39, 0.29) is 31.4 Å². The van der Waals surface area contributed by atoms with Gasteiger partial charge in [-0.15, -0.1) is 0 Å². The summed E-state index contributed by atoms with van der Waals surface area (Å²) in [4.78, 5) is 34.8. The average Bonchev–Trinajstić information content (AvgIpc) is 2.47. The summed E-state index contributed by atoms with van der Waals surface area (Å²) >= 11 is 3.30. The van der Waals surface area contributed by atoms with Crippen molar-refractivity contribution in [1.82, 2.24) is 16.0 Å². The van der Waals surface area contributed by atoms with E-state index >= 15 is 0 Å². The summed E-state index contributed by atoms with van der Waals surface area (Å²) in [5.74, 6) is -0.588. The minimum Gasteiger partial charge on any atom is -0.444 e. The molecule has 3 amide bonds. The molecule has 24 heavy (non-hydrogen) atoms. The topological polar surface area (TPSA) is 96.5 Å². The van der Waals surface area contributed by atoms with E-state index in [2.05, 4.69) is 31.9 Å². The van der Waals surface area contributed by atoms with Crippen molar-refractivity contribution in [1.29, 1.82) is 0 Å². The van der Waals surface area contributed by atoms with Gasteiger partial charge in [0.15, 0.2) is 0 Å². The van der Waals surface area contributed by atoms with Gasteiger partial charge in [-0.25, -0.2) is 4.79 Å². The zero-order chi connectivity index (χ0) is 18.2. The van der Waals surface area contributed by atoms with Crippen molar-refractivity contribution in [2.24, 2.45) is 0 Å². The lowest BCUT2D eigenvalue weighted by Crippen LogP contribution is -2.42. The van der Waals surface area contributed by atoms with E-state index in [0.29, 0.717) is 5.56 Å². The number of hydrogen-bond donors (Lipinski definition) is 3. The summed E-state index contributed by atoms with van der Waals surface area (Å²) < 4.78 is 5.83. The molecule has 0 aliphatic rings. The molecule has 0 radical (unpaired) electrons. The molecule has 0 spiro atoms. The van der Waals surface area contributed by atoms with Gasteiger partial charge in [-0.3, -0.25) is 9.59 Å². The number of nitrogens with one attached hydrogen (secondary N) is 3. The van der Waals surface area contributed by atoms with Crippen LogP contribution in [0.5, 0.6) is 0 Å². The molecule has 0 bridgehead atoms. The molecule has 0 fully saturated rings. The first kappa shape index (κ1) is 20.0. The van der Waals surface area contributed by atoms with Gasteiger partial charge >= 0.3 is 6.09 Å². The largest absolute Gasteiger partial charge is 0.444 e. The Balaban J connectivity index is 2.19. The van der Waals surface area contributed by atoms with Gasteiger partial charge in [0, 0.05) is 23.1 Å². The normalized spacial score (nSPS) is 10.7. The van der Waals surface area contributed by atoms with Crippen molar-refractivity contribution in [2.75, 3.05) is 19.6 Å². The van der Waals surface area contributed by atoms with Gasteiger partial charge < -0.3 is 20.7 Å². The Kier molecular flexibility index (Phi) is 7.70. The SMILES string of the molecule is CC(C)(C)OC(=O)NCC(=O)NCCNC(=O)c1cccc(Br)c1. The summed E-state index contributed by atoms with van der Waals surface area (Å²) in [5.41, 5.74) is -0.0839. The van der Waals surface area contributed by atoms with Gasteiger partial charge in [0.05, 0.1) is 6.54 Å². The number of carbonyl (C=O) groups is 3. The zero-order valence-electron chi connectivity index (χ0n) is 13.9. The monoisotopic (exact) mass is 399 g/mol. The van der Waals surface area contributed by atoms with Crippen molar-refractivity contribution >= 4 is 33.8 Å². The standard InChI is InChI=1S/C16H22BrN3O4/c1-16(2,3)24-15(23)20-10-13(21)18-7-8-19-14(22)11-5-4-6-12(17)9-11/h4-6,9H,7-8,10H2,1-3H3,(H,18,21)(H,19,22)(H,20,23). The van der Waals surface area contributed by atoms with Crippen LogP contribution in [0.15, 0.2) is 28.7 Å². The lowest BCUT2D eigenvalue weighted by Gasteiger charge is -2.19. The van der Waals surface area contributed by atoms with E-state index in [0.717, 1.165) is 4.47 Å². The smallest absolute Gasteiger partial charge is 0.408 e. The van der Waals surface area contributed by atoms with Gasteiger partial charge in [0.1, 0.15) is 5.60 Å². The fourth-order valence-electron chi connectivity index (χ4n) is 1.64. The minimum atomic E-state index is -0.652. The lowest BCUT2D eigenvalue weighted by molar-refractivity contribution is -0.120. The van der Waals surface area contributed by atoms with E-state index in [1.54, 1.807) is 39.0 Å². The summed E-state index contributed by atoms with van der Waals surface area (Å²) in [7, 11) is 0. The summed E-state index contributed by atoms with van der Waals surface area (Å²) in [6.07, 6.45) is -0.652. The Labute approximate surface area is 149 Å². The predicted molar refractivity (Wildman–Crippen MR) is 93.7 cm³/mol. The van der Waals surface area contributed by atoms with Crippen molar-refractivity contribution in [2.45, 2.75) is 26.4 Å². The minimum absolute atomic E-state index is 0.186. The molecule has 0 saturated carbocycles. The molecule has 1 rings (SSSR count). The molecule has 1 aromatic rings. The Morgan fingerprint density at radius 1 is 1.08 bits per heavy atom. The molecule has 0 aromatic heterocycles. The summed E-state index contributed by atoms with van der Waals surface area (Å²) in [6.45, 7) is 5.56. The predicted octanol–water partition coefficient (Wildman–Crippen LogP) is 1.82. The Bertz CT molecular complexity index is 599. The molecule has 0 aliphatic carbocycles. The highest BCUT2D eigenvalue weighted by molar-refractivity contribution is 9.10. The van der Waals surface area contributed by atoms with Crippen molar-refractivity contribution in [3.8, 4) is 0 Å². The molecule has 0 saturated heterocycles. The maximum atomic E-state index is 11.9. The van der Waals surface area contributed by atoms with Crippen LogP contribution in [-0.4, -0.2) is 43.1 Å². The van der Waals surface area contributed by atoms with E-state index in [1.807, 2.05) is 6.07 Å². The number of halogens is 1. The Morgan fingerprint density at radius 3 is 2.38 bits per heavy atom. The maximum absolute atomic E-state index is 11.9. The molecule has 7 nitrogen and oxygen atoms in total. The van der Waals surface area contributed by atoms with Gasteiger partial charge in [0.25, 0.3) is 5.91 Å². The number of hydrogen-bond acceptors (Lipinski definition) is 4. The van der Waals surface area contributed by atoms with Crippen LogP contribution in [0.2, 0.25) is 0 Å². The molecule has 0 aliphatic heterocycles. The highest BCUT2D eigenvalue weighted by Crippen LogP contribution is 2.11. The fraction of sp³-hybridized carbons (Fsp3) is 0.438. The second-order valence-corrected chi connectivity index (χ2v) is 6.89. The van der Waals surface area contributed by atoms with Gasteiger partial charge in [-0.05, 0) is 39.0 Å². The molecule has 0 atom stereocenters. The van der Waals surface area contributed by atoms with Crippen LogP contribution in [-0.2, 0) is 9.53 Å². The fourth-order valence-corrected chi connectivity index (χ4v) is 2.04. The zero-order valence-corrected chi connectivity index (χ0v) is 15.5. The number of benzene rings is 1. The van der Waals surface area contributed by atoms with Crippen molar-refractivity contribution in [3.63, 3.8) is 0 Å². The lowest BCUT2D eigenvalue weighted by atomic mass is 10.2. The number of rotatable bonds is 6. The van der Waals surface area contributed by atoms with Crippen LogP contribution < -0.4 is 16.0 Å². The Morgan fingerprint density at radius 2 is 1.75 bits per heavy atom. The molecule has 132 valence electrons. The third-order valence-electron chi connectivity index (χ3n) is 2.61. The highest BCUT2D eigenvalue weighted by atomic mass is 79.9. The van der Waals surface area contributed by atoms with E-state index < -0.39 is 11.7 Å². The molecule has 8 heteroatoms. The number of ether oxygens (including phenoxy) is 1. The number of alkyl carbamates (subject to hydrolysis) is 1. The van der Waals surface area contributed by atoms with Crippen LogP contribution in [0.3, 0.4) is 0 Å². The van der Waals surface area contributed by atoms with Crippen molar-refractivity contribution in [3.05, 3.63) is 34.3 Å². The van der Waals surface area contributed by atoms with Gasteiger partial charge in [-0.1, -0.05) is 22.0 Å². The van der Waals surface area contributed by atoms with Gasteiger partial charge in [0.2, 0.25) is 5.91 Å². The summed E-state index contributed by atoms with van der Waals surface area (Å²) in [5, 5.41) is 7.63. The Hall–Kier alpha value is -2.09. The van der Waals surface area contributed by atoms with E-state index in [1.165, 1.54) is 0 Å². The first-order valence-electron chi connectivity index (χ1n) is 7.45. The van der Waals surface area contributed by atoms with E-state index in [4.69, 9.17) is 4.74 Å². The van der Waals surface area contributed by atoms with E-state index in [9.17, 15) is 14.4 Å². The molecule has 0 heterocycles. The first-order valence-corrected chi connectivity index (χ1v) is 8.24. The van der Waals surface area contributed by atoms with Crippen molar-refractivity contribution < 1.29 is 19.1 Å². The molecule has 3 N–H and O–H groups in total. The van der Waals surface area contributed by atoms with Gasteiger partial charge in [-0.2, -0.15) is 0 Å². The number of amides is 3. The van der Waals surface area contributed by atoms with Crippen LogP contribution in [0.4, 0.5) is 4.79 Å². The number of carbonyl (C=O) groups excluding carboxylic acids is 3. The van der Waals surface area contributed by atoms with Crippen LogP contribution in [0, 0.1) is 0 Å². The molecule has 1 aromatic carbocycles. The third-order valence-corrected chi connectivity index (χ3v) is 3.10. The van der Waals surface area contributed by atoms with Crippen LogP contribution in [0.25, 0.3) is 0 Å². The first-order chi connectivity index (χ1) is 11.2. The molecular weight excluding hydrogens is 378 g/mol. The molecule has 0 unspecified atom stereocenters. The third kappa shape index (κ3) is 8.52. The molecular formula is C16H22BrN3O4. The highest BCUT2D eigenvalue weighted by Gasteiger charge is 2.16. The second-order valence-electron chi connectivity index (χ2n) is 5.97.